The largest absolute Gasteiger partial charge is 0.496 e. The van der Waals surface area contributed by atoms with Crippen molar-refractivity contribution in [2.75, 3.05) is 19.1 Å². The molecule has 0 unspecified atom stereocenters. The van der Waals surface area contributed by atoms with E-state index >= 15 is 0 Å². The normalized spacial score (nSPS) is 10.0. The minimum Gasteiger partial charge on any atom is -0.496 e. The van der Waals surface area contributed by atoms with Crippen molar-refractivity contribution in [2.45, 2.75) is 6.61 Å². The van der Waals surface area contributed by atoms with Crippen molar-refractivity contribution in [1.82, 2.24) is 0 Å². The second-order valence-electron chi connectivity index (χ2n) is 4.71. The van der Waals surface area contributed by atoms with Gasteiger partial charge in [-0.15, -0.1) is 0 Å². The molecular weight excluding hydrogens is 300 g/mol. The number of anilines is 1. The van der Waals surface area contributed by atoms with E-state index in [0.717, 1.165) is 10.5 Å². The molecule has 1 amide bonds. The number of amides is 1. The summed E-state index contributed by atoms with van der Waals surface area (Å²) in [7, 11) is 2.83. The fraction of sp³-hybridized carbons (Fsp3) is 0.188. The molecule has 0 atom stereocenters. The summed E-state index contributed by atoms with van der Waals surface area (Å²) in [5, 5.41) is 11.2. The summed E-state index contributed by atoms with van der Waals surface area (Å²) < 4.78 is 10.1. The van der Waals surface area contributed by atoms with Crippen molar-refractivity contribution in [2.24, 2.45) is 0 Å². The van der Waals surface area contributed by atoms with Crippen LogP contribution in [0.15, 0.2) is 48.5 Å². The second-order valence-corrected chi connectivity index (χ2v) is 4.71. The molecule has 0 bridgehead atoms. The Balaban J connectivity index is 2.14. The van der Waals surface area contributed by atoms with Crippen molar-refractivity contribution >= 4 is 17.5 Å². The molecule has 0 fully saturated rings. The highest BCUT2D eigenvalue weighted by atomic mass is 16.6. The van der Waals surface area contributed by atoms with Gasteiger partial charge in [0.2, 0.25) is 0 Å². The van der Waals surface area contributed by atoms with E-state index < -0.39 is 11.0 Å². The van der Waals surface area contributed by atoms with E-state index in [-0.39, 0.29) is 18.0 Å². The van der Waals surface area contributed by atoms with E-state index in [0.29, 0.717) is 5.75 Å². The molecule has 0 heterocycles. The fourth-order valence-corrected chi connectivity index (χ4v) is 1.97. The lowest BCUT2D eigenvalue weighted by Crippen LogP contribution is -2.27. The monoisotopic (exact) mass is 316 g/mol. The number of benzene rings is 2. The number of carbonyl (C=O) groups excluding carboxylic acids is 1. The molecule has 0 radical (unpaired) electrons. The summed E-state index contributed by atoms with van der Waals surface area (Å²) in [4.78, 5) is 23.8. The van der Waals surface area contributed by atoms with Crippen LogP contribution in [-0.2, 0) is 11.3 Å². The van der Waals surface area contributed by atoms with Gasteiger partial charge in [-0.1, -0.05) is 30.3 Å². The maximum atomic E-state index is 12.1. The number of rotatable bonds is 5. The molecule has 0 aromatic heterocycles. The first-order valence-corrected chi connectivity index (χ1v) is 6.79. The van der Waals surface area contributed by atoms with E-state index in [1.807, 2.05) is 30.3 Å². The van der Waals surface area contributed by atoms with Crippen LogP contribution in [0.2, 0.25) is 0 Å². The van der Waals surface area contributed by atoms with Gasteiger partial charge in [0.1, 0.15) is 18.0 Å². The Morgan fingerprint density at radius 1 is 1.22 bits per heavy atom. The summed E-state index contributed by atoms with van der Waals surface area (Å²) in [5.41, 5.74) is 0.732. The lowest BCUT2D eigenvalue weighted by Gasteiger charge is -2.17. The molecule has 0 saturated carbocycles. The molecule has 0 spiro atoms. The van der Waals surface area contributed by atoms with E-state index in [4.69, 9.17) is 9.47 Å². The molecule has 7 heteroatoms. The average Bonchev–Trinajstić information content (AvgIpc) is 2.59. The minimum atomic E-state index is -0.679. The number of methoxy groups -OCH3 is 1. The van der Waals surface area contributed by atoms with Gasteiger partial charge < -0.3 is 9.47 Å². The van der Waals surface area contributed by atoms with Crippen molar-refractivity contribution in [1.29, 1.82) is 0 Å². The van der Waals surface area contributed by atoms with Gasteiger partial charge in [0.15, 0.2) is 0 Å². The molecule has 0 N–H and O–H groups in total. The van der Waals surface area contributed by atoms with E-state index in [9.17, 15) is 14.9 Å². The smallest absolute Gasteiger partial charge is 0.414 e. The maximum Gasteiger partial charge on any atom is 0.414 e. The Kier molecular flexibility index (Phi) is 5.14. The first-order valence-electron chi connectivity index (χ1n) is 6.79. The molecule has 120 valence electrons. The van der Waals surface area contributed by atoms with E-state index in [1.165, 1.54) is 26.3 Å². The summed E-state index contributed by atoms with van der Waals surface area (Å²) in [6.45, 7) is 0.0912. The molecule has 23 heavy (non-hydrogen) atoms. The molecule has 2 aromatic rings. The summed E-state index contributed by atoms with van der Waals surface area (Å²) in [6, 6.07) is 13.4. The summed E-state index contributed by atoms with van der Waals surface area (Å²) in [6.07, 6.45) is -0.679. The average molecular weight is 316 g/mol. The highest BCUT2D eigenvalue weighted by Gasteiger charge is 2.23. The number of hydrogen-bond acceptors (Lipinski definition) is 5. The van der Waals surface area contributed by atoms with Gasteiger partial charge in [0, 0.05) is 7.05 Å². The third-order valence-electron chi connectivity index (χ3n) is 3.22. The van der Waals surface area contributed by atoms with Crippen LogP contribution >= 0.6 is 0 Å². The molecule has 0 aliphatic heterocycles. The van der Waals surface area contributed by atoms with Crippen LogP contribution < -0.4 is 9.64 Å². The lowest BCUT2D eigenvalue weighted by atomic mass is 10.2. The Morgan fingerprint density at radius 3 is 2.52 bits per heavy atom. The van der Waals surface area contributed by atoms with Crippen LogP contribution in [-0.4, -0.2) is 25.2 Å². The number of nitrogens with zero attached hydrogens (tertiary/aromatic N) is 2. The molecule has 2 aromatic carbocycles. The van der Waals surface area contributed by atoms with Crippen LogP contribution in [0.25, 0.3) is 0 Å². The number of hydrogen-bond donors (Lipinski definition) is 0. The predicted molar refractivity (Wildman–Crippen MR) is 84.7 cm³/mol. The van der Waals surface area contributed by atoms with Crippen LogP contribution in [0.4, 0.5) is 16.2 Å². The number of ether oxygens (including phenoxy) is 2. The van der Waals surface area contributed by atoms with Crippen molar-refractivity contribution in [3.63, 3.8) is 0 Å². The maximum absolute atomic E-state index is 12.1. The quantitative estimate of drug-likeness (QED) is 0.624. The van der Waals surface area contributed by atoms with Gasteiger partial charge >= 0.3 is 6.09 Å². The van der Waals surface area contributed by atoms with Gasteiger partial charge in [-0.25, -0.2) is 4.79 Å². The predicted octanol–water partition coefficient (Wildman–Crippen LogP) is 3.38. The number of carbonyl (C=O) groups is 1. The second kappa shape index (κ2) is 7.26. The summed E-state index contributed by atoms with van der Waals surface area (Å²) in [5.74, 6) is 0.339. The van der Waals surface area contributed by atoms with Gasteiger partial charge in [-0.3, -0.25) is 15.0 Å². The highest BCUT2D eigenvalue weighted by Crippen LogP contribution is 2.31. The highest BCUT2D eigenvalue weighted by molar-refractivity contribution is 5.90. The standard InChI is InChI=1S/C16H16N2O5/c1-17(16(19)23-11-12-6-4-3-5-7-12)14-9-8-13(22-2)10-15(14)18(20)21/h3-10H,11H2,1-2H3. The van der Waals surface area contributed by atoms with Crippen molar-refractivity contribution in [3.05, 3.63) is 64.2 Å². The van der Waals surface area contributed by atoms with Crippen LogP contribution in [0.1, 0.15) is 5.56 Å². The Hall–Kier alpha value is -3.09. The minimum absolute atomic E-state index is 0.0912. The van der Waals surface area contributed by atoms with E-state index in [1.54, 1.807) is 6.07 Å². The molecule has 0 aliphatic carbocycles. The lowest BCUT2D eigenvalue weighted by molar-refractivity contribution is -0.384. The number of nitro benzene ring substituents is 1. The molecule has 7 nitrogen and oxygen atoms in total. The molecular formula is C16H16N2O5. The van der Waals surface area contributed by atoms with Crippen LogP contribution in [0, 0.1) is 10.1 Å². The van der Waals surface area contributed by atoms with Crippen molar-refractivity contribution in [3.8, 4) is 5.75 Å². The van der Waals surface area contributed by atoms with Gasteiger partial charge in [-0.05, 0) is 17.7 Å². The Morgan fingerprint density at radius 2 is 1.91 bits per heavy atom. The van der Waals surface area contributed by atoms with Crippen LogP contribution in [0.3, 0.4) is 0 Å². The van der Waals surface area contributed by atoms with Gasteiger partial charge in [-0.2, -0.15) is 0 Å². The molecule has 0 aliphatic rings. The topological polar surface area (TPSA) is 81.9 Å². The summed E-state index contributed by atoms with van der Waals surface area (Å²) >= 11 is 0. The van der Waals surface area contributed by atoms with E-state index in [2.05, 4.69) is 0 Å². The SMILES string of the molecule is COc1ccc(N(C)C(=O)OCc2ccccc2)c([N+](=O)[O-])c1. The van der Waals surface area contributed by atoms with Gasteiger partial charge in [0.25, 0.3) is 5.69 Å². The molecule has 2 rings (SSSR count). The fourth-order valence-electron chi connectivity index (χ4n) is 1.97. The third kappa shape index (κ3) is 3.97. The third-order valence-corrected chi connectivity index (χ3v) is 3.22. The first-order chi connectivity index (χ1) is 11.0. The zero-order chi connectivity index (χ0) is 16.8. The van der Waals surface area contributed by atoms with Crippen LogP contribution in [0.5, 0.6) is 5.75 Å². The zero-order valence-corrected chi connectivity index (χ0v) is 12.8. The van der Waals surface area contributed by atoms with Gasteiger partial charge in [0.05, 0.1) is 18.1 Å². The number of nitro groups is 1. The first kappa shape index (κ1) is 16.3. The van der Waals surface area contributed by atoms with Crippen molar-refractivity contribution < 1.29 is 19.2 Å². The molecule has 0 saturated heterocycles. The Labute approximate surface area is 133 Å². The Bertz CT molecular complexity index is 703. The zero-order valence-electron chi connectivity index (χ0n) is 12.8.